The smallest absolute Gasteiger partial charge is 0.299 e. The fraction of sp³-hybridized carbons (Fsp3) is 0.0667. The molecule has 0 bridgehead atoms. The molecule has 0 fully saturated rings. The molecule has 0 spiro atoms. The van der Waals surface area contributed by atoms with Gasteiger partial charge in [0.15, 0.2) is 0 Å². The lowest BCUT2D eigenvalue weighted by molar-refractivity contribution is -0.114. The molecule has 0 unspecified atom stereocenters. The molecule has 3 rings (SSSR count). The second-order valence-electron chi connectivity index (χ2n) is 4.62. The van der Waals surface area contributed by atoms with E-state index in [9.17, 15) is 14.0 Å². The van der Waals surface area contributed by atoms with Crippen molar-refractivity contribution in [3.05, 3.63) is 63.4 Å². The third kappa shape index (κ3) is 2.41. The molecular weight excluding hydrogens is 316 g/mol. The predicted octanol–water partition coefficient (Wildman–Crippen LogP) is 3.86. The summed E-state index contributed by atoms with van der Waals surface area (Å²) in [5.41, 5.74) is 1.30. The van der Waals surface area contributed by atoms with Crippen LogP contribution in [-0.2, 0) is 11.3 Å². The molecule has 0 saturated heterocycles. The summed E-state index contributed by atoms with van der Waals surface area (Å²) in [6.45, 7) is 0.0804. The molecule has 6 heteroatoms. The SMILES string of the molecule is O=C1C(=O)N(Cc2ccc(F)cc2Cl)c2cc(Cl)ccc21. The van der Waals surface area contributed by atoms with E-state index in [0.717, 1.165) is 6.07 Å². The van der Waals surface area contributed by atoms with E-state index >= 15 is 0 Å². The lowest BCUT2D eigenvalue weighted by atomic mass is 10.1. The van der Waals surface area contributed by atoms with Gasteiger partial charge >= 0.3 is 0 Å². The largest absolute Gasteiger partial charge is 0.300 e. The van der Waals surface area contributed by atoms with Crippen LogP contribution in [0, 0.1) is 5.82 Å². The maximum Gasteiger partial charge on any atom is 0.299 e. The van der Waals surface area contributed by atoms with Crippen LogP contribution in [0.25, 0.3) is 0 Å². The Morgan fingerprint density at radius 1 is 1.05 bits per heavy atom. The lowest BCUT2D eigenvalue weighted by Gasteiger charge is -2.17. The first kappa shape index (κ1) is 14.0. The number of nitrogens with zero attached hydrogens (tertiary/aromatic N) is 1. The first-order valence-corrected chi connectivity index (χ1v) is 6.82. The van der Waals surface area contributed by atoms with Gasteiger partial charge in [-0.25, -0.2) is 4.39 Å². The summed E-state index contributed by atoms with van der Waals surface area (Å²) >= 11 is 11.9. The molecular formula is C15H8Cl2FNO2. The Morgan fingerprint density at radius 3 is 2.52 bits per heavy atom. The number of anilines is 1. The van der Waals surface area contributed by atoms with Gasteiger partial charge in [-0.3, -0.25) is 9.59 Å². The number of carbonyl (C=O) groups is 2. The summed E-state index contributed by atoms with van der Waals surface area (Å²) in [5, 5.41) is 0.622. The molecule has 0 atom stereocenters. The highest BCUT2D eigenvalue weighted by atomic mass is 35.5. The van der Waals surface area contributed by atoms with Crippen molar-refractivity contribution < 1.29 is 14.0 Å². The number of hydrogen-bond acceptors (Lipinski definition) is 2. The van der Waals surface area contributed by atoms with Crippen molar-refractivity contribution in [3.8, 4) is 0 Å². The van der Waals surface area contributed by atoms with Crippen LogP contribution in [-0.4, -0.2) is 11.7 Å². The Hall–Kier alpha value is -1.91. The molecule has 0 radical (unpaired) electrons. The summed E-state index contributed by atoms with van der Waals surface area (Å²) < 4.78 is 13.1. The highest BCUT2D eigenvalue weighted by Gasteiger charge is 2.36. The van der Waals surface area contributed by atoms with Crippen molar-refractivity contribution in [2.24, 2.45) is 0 Å². The topological polar surface area (TPSA) is 37.4 Å². The summed E-state index contributed by atoms with van der Waals surface area (Å²) in [4.78, 5) is 25.3. The Morgan fingerprint density at radius 2 is 1.81 bits per heavy atom. The number of benzene rings is 2. The quantitative estimate of drug-likeness (QED) is 0.787. The van der Waals surface area contributed by atoms with Gasteiger partial charge in [0.25, 0.3) is 11.7 Å². The Kier molecular flexibility index (Phi) is 3.43. The molecule has 0 aliphatic carbocycles. The Balaban J connectivity index is 2.02. The number of Topliss-reactive ketones (excluding diaryl/α,β-unsaturated/α-hetero) is 1. The number of fused-ring (bicyclic) bond motifs is 1. The number of amides is 1. The zero-order chi connectivity index (χ0) is 15.1. The molecule has 0 saturated carbocycles. The van der Waals surface area contributed by atoms with Gasteiger partial charge in [0.2, 0.25) is 0 Å². The monoisotopic (exact) mass is 323 g/mol. The Labute approximate surface area is 129 Å². The molecule has 1 amide bonds. The Bertz CT molecular complexity index is 776. The van der Waals surface area contributed by atoms with E-state index in [1.165, 1.54) is 23.1 Å². The van der Waals surface area contributed by atoms with Gasteiger partial charge in [0.1, 0.15) is 5.82 Å². The van der Waals surface area contributed by atoms with E-state index in [1.807, 2.05) is 0 Å². The van der Waals surface area contributed by atoms with Crippen LogP contribution < -0.4 is 4.90 Å². The van der Waals surface area contributed by atoms with Crippen LogP contribution in [0.2, 0.25) is 10.0 Å². The average molecular weight is 324 g/mol. The van der Waals surface area contributed by atoms with Crippen molar-refractivity contribution in [3.63, 3.8) is 0 Å². The van der Waals surface area contributed by atoms with Gasteiger partial charge in [-0.05, 0) is 35.9 Å². The van der Waals surface area contributed by atoms with Gasteiger partial charge in [0.05, 0.1) is 17.8 Å². The molecule has 106 valence electrons. The predicted molar refractivity (Wildman–Crippen MR) is 78.4 cm³/mol. The minimum atomic E-state index is -0.646. The average Bonchev–Trinajstić information content (AvgIpc) is 2.66. The molecule has 3 nitrogen and oxygen atoms in total. The fourth-order valence-corrected chi connectivity index (χ4v) is 2.64. The molecule has 2 aromatic rings. The third-order valence-corrected chi connectivity index (χ3v) is 3.87. The molecule has 1 aliphatic rings. The number of rotatable bonds is 2. The van der Waals surface area contributed by atoms with Gasteiger partial charge in [-0.1, -0.05) is 29.3 Å². The number of hydrogen-bond donors (Lipinski definition) is 0. The number of carbonyl (C=O) groups excluding carboxylic acids is 2. The molecule has 1 aliphatic heterocycles. The number of halogens is 3. The van der Waals surface area contributed by atoms with Crippen LogP contribution in [0.15, 0.2) is 36.4 Å². The van der Waals surface area contributed by atoms with Crippen molar-refractivity contribution >= 4 is 40.6 Å². The van der Waals surface area contributed by atoms with Crippen LogP contribution in [0.4, 0.5) is 10.1 Å². The molecule has 2 aromatic carbocycles. The highest BCUT2D eigenvalue weighted by Crippen LogP contribution is 2.33. The zero-order valence-electron chi connectivity index (χ0n) is 10.6. The summed E-state index contributed by atoms with van der Waals surface area (Å²) in [5.74, 6) is -1.69. The maximum atomic E-state index is 13.1. The van der Waals surface area contributed by atoms with E-state index in [-0.39, 0.29) is 11.6 Å². The van der Waals surface area contributed by atoms with Crippen LogP contribution >= 0.6 is 23.2 Å². The normalized spacial score (nSPS) is 13.8. The third-order valence-electron chi connectivity index (χ3n) is 3.28. The van der Waals surface area contributed by atoms with Crippen molar-refractivity contribution in [2.45, 2.75) is 6.54 Å². The van der Waals surface area contributed by atoms with Crippen LogP contribution in [0.1, 0.15) is 15.9 Å². The van der Waals surface area contributed by atoms with Crippen molar-refractivity contribution in [1.82, 2.24) is 0 Å². The zero-order valence-corrected chi connectivity index (χ0v) is 12.1. The molecule has 21 heavy (non-hydrogen) atoms. The van der Waals surface area contributed by atoms with Gasteiger partial charge in [-0.15, -0.1) is 0 Å². The van der Waals surface area contributed by atoms with Crippen molar-refractivity contribution in [1.29, 1.82) is 0 Å². The van der Waals surface area contributed by atoms with E-state index in [1.54, 1.807) is 12.1 Å². The van der Waals surface area contributed by atoms with Gasteiger partial charge < -0.3 is 4.90 Å². The summed E-state index contributed by atoms with van der Waals surface area (Å²) in [6, 6.07) is 8.53. The van der Waals surface area contributed by atoms with E-state index in [2.05, 4.69) is 0 Å². The minimum Gasteiger partial charge on any atom is -0.300 e. The number of ketones is 1. The van der Waals surface area contributed by atoms with Crippen LogP contribution in [0.3, 0.4) is 0 Å². The maximum absolute atomic E-state index is 13.1. The second kappa shape index (κ2) is 5.13. The first-order valence-electron chi connectivity index (χ1n) is 6.07. The molecule has 1 heterocycles. The van der Waals surface area contributed by atoms with E-state index in [0.29, 0.717) is 21.8 Å². The highest BCUT2D eigenvalue weighted by molar-refractivity contribution is 6.52. The van der Waals surface area contributed by atoms with Crippen LogP contribution in [0.5, 0.6) is 0 Å². The fourth-order valence-electron chi connectivity index (χ4n) is 2.24. The molecule has 0 N–H and O–H groups in total. The summed E-state index contributed by atoms with van der Waals surface area (Å²) in [6.07, 6.45) is 0. The van der Waals surface area contributed by atoms with E-state index < -0.39 is 17.5 Å². The molecule has 0 aromatic heterocycles. The summed E-state index contributed by atoms with van der Waals surface area (Å²) in [7, 11) is 0. The second-order valence-corrected chi connectivity index (χ2v) is 5.46. The van der Waals surface area contributed by atoms with Gasteiger partial charge in [0, 0.05) is 10.0 Å². The van der Waals surface area contributed by atoms with Gasteiger partial charge in [-0.2, -0.15) is 0 Å². The lowest BCUT2D eigenvalue weighted by Crippen LogP contribution is -2.29. The standard InChI is InChI=1S/C15H8Cl2FNO2/c16-9-2-4-11-13(5-9)19(15(21)14(11)20)7-8-1-3-10(18)6-12(8)17/h1-6H,7H2. The first-order chi connectivity index (χ1) is 9.97. The minimum absolute atomic E-state index is 0.0804. The van der Waals surface area contributed by atoms with E-state index in [4.69, 9.17) is 23.2 Å². The van der Waals surface area contributed by atoms with Crippen molar-refractivity contribution in [2.75, 3.05) is 4.90 Å².